The minimum atomic E-state index is -0.412. The number of piperidine rings is 1. The van der Waals surface area contributed by atoms with Gasteiger partial charge in [0, 0.05) is 54.4 Å². The van der Waals surface area contributed by atoms with E-state index in [0.717, 1.165) is 35.7 Å². The monoisotopic (exact) mass is 582 g/mol. The molecule has 0 spiro atoms. The molecule has 7 nitrogen and oxygen atoms in total. The Labute approximate surface area is 247 Å². The highest BCUT2D eigenvalue weighted by atomic mass is 32.1. The fraction of sp³-hybridized carbons (Fsp3) is 0.242. The van der Waals surface area contributed by atoms with Gasteiger partial charge in [0.05, 0.1) is 17.6 Å². The van der Waals surface area contributed by atoms with Crippen molar-refractivity contribution in [2.24, 2.45) is 7.05 Å². The van der Waals surface area contributed by atoms with Crippen molar-refractivity contribution < 1.29 is 18.7 Å². The largest absolute Gasteiger partial charge is 0.497 e. The summed E-state index contributed by atoms with van der Waals surface area (Å²) >= 11 is 1.29. The van der Waals surface area contributed by atoms with Crippen molar-refractivity contribution in [1.82, 2.24) is 19.8 Å². The average Bonchev–Trinajstić information content (AvgIpc) is 3.62. The number of benzene rings is 3. The van der Waals surface area contributed by atoms with Gasteiger partial charge in [0.15, 0.2) is 0 Å². The Morgan fingerprint density at radius 3 is 2.71 bits per heavy atom. The van der Waals surface area contributed by atoms with E-state index in [0.29, 0.717) is 39.9 Å². The molecule has 1 saturated heterocycles. The number of carbonyl (C=O) groups excluding carboxylic acids is 2. The van der Waals surface area contributed by atoms with E-state index in [-0.39, 0.29) is 23.6 Å². The van der Waals surface area contributed by atoms with E-state index in [4.69, 9.17) is 9.72 Å². The van der Waals surface area contributed by atoms with E-state index in [1.165, 1.54) is 17.4 Å². The number of aryl methyl sites for hydroxylation is 1. The van der Waals surface area contributed by atoms with Crippen LogP contribution in [0.15, 0.2) is 79.0 Å². The third kappa shape index (κ3) is 5.27. The number of nitrogens with one attached hydrogen (secondary N) is 1. The first-order chi connectivity index (χ1) is 20.4. The average molecular weight is 583 g/mol. The fourth-order valence-electron chi connectivity index (χ4n) is 5.62. The highest BCUT2D eigenvalue weighted by molar-refractivity contribution is 7.18. The lowest BCUT2D eigenvalue weighted by Gasteiger charge is -2.35. The van der Waals surface area contributed by atoms with Gasteiger partial charge in [-0.1, -0.05) is 48.5 Å². The molecule has 1 aliphatic heterocycles. The van der Waals surface area contributed by atoms with Gasteiger partial charge >= 0.3 is 0 Å². The third-order valence-electron chi connectivity index (χ3n) is 7.79. The van der Waals surface area contributed by atoms with E-state index in [1.54, 1.807) is 30.2 Å². The van der Waals surface area contributed by atoms with Crippen molar-refractivity contribution in [3.8, 4) is 26.8 Å². The van der Waals surface area contributed by atoms with Gasteiger partial charge in [-0.05, 0) is 43.5 Å². The molecule has 0 saturated carbocycles. The standard InChI is InChI=1S/C33H31FN4O3S/c1-37-20-26(24-13-4-6-16-28(24)37)31(39)35-19-22-11-7-8-17-38(22)33(40)29-30(25-14-3-5-15-27(25)34)42-32(36-29)21-10-9-12-23(18-21)41-2/h3-6,9-10,12-16,18,20,22H,7-8,11,17,19H2,1-2H3,(H,35,39)/t22-/m0/s1. The second-order valence-electron chi connectivity index (χ2n) is 10.4. The molecule has 9 heteroatoms. The molecule has 214 valence electrons. The molecule has 3 aromatic carbocycles. The van der Waals surface area contributed by atoms with Gasteiger partial charge in [-0.15, -0.1) is 11.3 Å². The van der Waals surface area contributed by atoms with Crippen LogP contribution >= 0.6 is 11.3 Å². The Bertz CT molecular complexity index is 1780. The molecule has 0 aliphatic carbocycles. The number of ether oxygens (including phenoxy) is 1. The fourth-order valence-corrected chi connectivity index (χ4v) is 6.70. The topological polar surface area (TPSA) is 76.5 Å². The molecule has 42 heavy (non-hydrogen) atoms. The van der Waals surface area contributed by atoms with E-state index >= 15 is 4.39 Å². The number of para-hydroxylation sites is 1. The van der Waals surface area contributed by atoms with Gasteiger partial charge in [-0.3, -0.25) is 9.59 Å². The van der Waals surface area contributed by atoms with Crippen molar-refractivity contribution in [2.45, 2.75) is 25.3 Å². The Kier molecular flexibility index (Phi) is 7.75. The number of rotatable bonds is 7. The van der Waals surface area contributed by atoms with E-state index in [9.17, 15) is 9.59 Å². The Balaban J connectivity index is 1.30. The molecule has 1 fully saturated rings. The molecule has 0 radical (unpaired) electrons. The van der Waals surface area contributed by atoms with Crippen LogP contribution in [0.5, 0.6) is 5.75 Å². The van der Waals surface area contributed by atoms with Crippen molar-refractivity contribution in [3.05, 3.63) is 96.1 Å². The summed E-state index contributed by atoms with van der Waals surface area (Å²) in [6.45, 7) is 0.853. The minimum absolute atomic E-state index is 0.175. The van der Waals surface area contributed by atoms with Crippen LogP contribution in [0.2, 0.25) is 0 Å². The number of thiazole rings is 1. The highest BCUT2D eigenvalue weighted by Crippen LogP contribution is 2.38. The number of methoxy groups -OCH3 is 1. The summed E-state index contributed by atoms with van der Waals surface area (Å²) < 4.78 is 22.4. The number of hydrogen-bond donors (Lipinski definition) is 1. The van der Waals surface area contributed by atoms with Gasteiger partial charge in [0.2, 0.25) is 0 Å². The number of halogens is 1. The van der Waals surface area contributed by atoms with Crippen molar-refractivity contribution in [2.75, 3.05) is 20.2 Å². The molecular formula is C33H31FN4O3S. The number of hydrogen-bond acceptors (Lipinski definition) is 5. The van der Waals surface area contributed by atoms with E-state index in [2.05, 4.69) is 5.32 Å². The maximum atomic E-state index is 15.0. The van der Waals surface area contributed by atoms with Crippen LogP contribution in [-0.4, -0.2) is 52.5 Å². The first kappa shape index (κ1) is 27.7. The summed E-state index contributed by atoms with van der Waals surface area (Å²) in [6, 6.07) is 21.5. The minimum Gasteiger partial charge on any atom is -0.497 e. The molecule has 5 aromatic rings. The van der Waals surface area contributed by atoms with E-state index < -0.39 is 5.82 Å². The van der Waals surface area contributed by atoms with Crippen LogP contribution in [0.25, 0.3) is 31.9 Å². The molecule has 2 aromatic heterocycles. The summed E-state index contributed by atoms with van der Waals surface area (Å²) in [4.78, 5) is 34.5. The van der Waals surface area contributed by atoms with Crippen LogP contribution in [0.3, 0.4) is 0 Å². The molecule has 0 bridgehead atoms. The zero-order valence-corrected chi connectivity index (χ0v) is 24.3. The lowest BCUT2D eigenvalue weighted by Crippen LogP contribution is -2.49. The molecule has 3 heterocycles. The zero-order valence-electron chi connectivity index (χ0n) is 23.5. The summed E-state index contributed by atoms with van der Waals surface area (Å²) in [6.07, 6.45) is 4.38. The second kappa shape index (κ2) is 11.8. The normalized spacial score (nSPS) is 15.1. The van der Waals surface area contributed by atoms with Crippen LogP contribution in [-0.2, 0) is 7.05 Å². The number of amides is 2. The Hall–Kier alpha value is -4.50. The molecule has 0 unspecified atom stereocenters. The molecule has 1 atom stereocenters. The number of nitrogens with zero attached hydrogens (tertiary/aromatic N) is 3. The van der Waals surface area contributed by atoms with Crippen LogP contribution in [0.1, 0.15) is 40.1 Å². The van der Waals surface area contributed by atoms with Crippen molar-refractivity contribution >= 4 is 34.1 Å². The molecule has 2 amide bonds. The third-order valence-corrected chi connectivity index (χ3v) is 8.93. The first-order valence-corrected chi connectivity index (χ1v) is 14.8. The van der Waals surface area contributed by atoms with Crippen molar-refractivity contribution in [3.63, 3.8) is 0 Å². The summed E-state index contributed by atoms with van der Waals surface area (Å²) in [7, 11) is 3.51. The number of likely N-dealkylation sites (tertiary alicyclic amines) is 1. The summed E-state index contributed by atoms with van der Waals surface area (Å²) in [5, 5.41) is 4.56. The maximum Gasteiger partial charge on any atom is 0.274 e. The lowest BCUT2D eigenvalue weighted by atomic mass is 10.0. The molecular weight excluding hydrogens is 551 g/mol. The van der Waals surface area contributed by atoms with Crippen LogP contribution in [0.4, 0.5) is 4.39 Å². The maximum absolute atomic E-state index is 15.0. The summed E-state index contributed by atoms with van der Waals surface area (Å²) in [5.74, 6) is -0.181. The molecule has 1 N–H and O–H groups in total. The predicted octanol–water partition coefficient (Wildman–Crippen LogP) is 6.54. The highest BCUT2D eigenvalue weighted by Gasteiger charge is 2.32. The lowest BCUT2D eigenvalue weighted by molar-refractivity contribution is 0.0598. The first-order valence-electron chi connectivity index (χ1n) is 14.0. The van der Waals surface area contributed by atoms with Crippen LogP contribution in [0, 0.1) is 5.82 Å². The molecule has 1 aliphatic rings. The van der Waals surface area contributed by atoms with Crippen molar-refractivity contribution in [1.29, 1.82) is 0 Å². The second-order valence-corrected chi connectivity index (χ2v) is 11.4. The zero-order chi connectivity index (χ0) is 29.2. The molecule has 6 rings (SSSR count). The van der Waals surface area contributed by atoms with E-state index in [1.807, 2.05) is 66.3 Å². The quantitative estimate of drug-likeness (QED) is 0.236. The van der Waals surface area contributed by atoms with Gasteiger partial charge in [-0.2, -0.15) is 0 Å². The van der Waals surface area contributed by atoms with Crippen LogP contribution < -0.4 is 10.1 Å². The van der Waals surface area contributed by atoms with Gasteiger partial charge < -0.3 is 19.5 Å². The number of aromatic nitrogens is 2. The number of fused-ring (bicyclic) bond motifs is 1. The smallest absolute Gasteiger partial charge is 0.274 e. The predicted molar refractivity (Wildman–Crippen MR) is 163 cm³/mol. The Morgan fingerprint density at radius 1 is 1.07 bits per heavy atom. The Morgan fingerprint density at radius 2 is 1.88 bits per heavy atom. The summed E-state index contributed by atoms with van der Waals surface area (Å²) in [5.41, 5.74) is 2.92. The SMILES string of the molecule is COc1cccc(-c2nc(C(=O)N3CCCC[C@H]3CNC(=O)c3cn(C)c4ccccc34)c(-c3ccccc3F)s2)c1. The van der Waals surface area contributed by atoms with Gasteiger partial charge in [-0.25, -0.2) is 9.37 Å². The van der Waals surface area contributed by atoms with Gasteiger partial charge in [0.1, 0.15) is 22.3 Å². The number of carbonyl (C=O) groups is 2. The van der Waals surface area contributed by atoms with Gasteiger partial charge in [0.25, 0.3) is 11.8 Å².